The van der Waals surface area contributed by atoms with Gasteiger partial charge >= 0.3 is 0 Å². The van der Waals surface area contributed by atoms with Crippen molar-refractivity contribution in [3.63, 3.8) is 0 Å². The summed E-state index contributed by atoms with van der Waals surface area (Å²) in [4.78, 5) is 0. The molecule has 3 atom stereocenters. The standard InChI is InChI=1S/C11H15NS/c1-8(12)7-9-3-2-4-11-10(9)5-6-13-11/h2-6,8,10-11H,7,12H2,1H3. The molecule has 0 spiro atoms. The van der Waals surface area contributed by atoms with E-state index in [9.17, 15) is 0 Å². The molecule has 0 aromatic carbocycles. The highest BCUT2D eigenvalue weighted by atomic mass is 32.2. The van der Waals surface area contributed by atoms with Crippen LogP contribution in [0.3, 0.4) is 0 Å². The minimum absolute atomic E-state index is 0.275. The predicted octanol–water partition coefficient (Wildman–Crippen LogP) is 2.47. The van der Waals surface area contributed by atoms with Gasteiger partial charge in [0.15, 0.2) is 0 Å². The zero-order valence-electron chi connectivity index (χ0n) is 7.81. The van der Waals surface area contributed by atoms with Crippen molar-refractivity contribution in [3.8, 4) is 0 Å². The molecule has 0 amide bonds. The third-order valence-electron chi connectivity index (χ3n) is 2.47. The molecular weight excluding hydrogens is 178 g/mol. The van der Waals surface area contributed by atoms with Crippen LogP contribution < -0.4 is 5.73 Å². The maximum Gasteiger partial charge on any atom is 0.0372 e. The van der Waals surface area contributed by atoms with Crippen molar-refractivity contribution < 1.29 is 0 Å². The van der Waals surface area contributed by atoms with Gasteiger partial charge in [0, 0.05) is 17.2 Å². The fourth-order valence-corrected chi connectivity index (χ4v) is 2.95. The van der Waals surface area contributed by atoms with Crippen molar-refractivity contribution in [3.05, 3.63) is 35.3 Å². The van der Waals surface area contributed by atoms with E-state index in [0.717, 1.165) is 6.42 Å². The Morgan fingerprint density at radius 1 is 1.54 bits per heavy atom. The molecule has 0 radical (unpaired) electrons. The highest BCUT2D eigenvalue weighted by molar-refractivity contribution is 8.03. The second-order valence-electron chi connectivity index (χ2n) is 3.76. The van der Waals surface area contributed by atoms with Crippen molar-refractivity contribution in [2.75, 3.05) is 0 Å². The maximum atomic E-state index is 5.81. The Morgan fingerprint density at radius 2 is 2.38 bits per heavy atom. The Balaban J connectivity index is 2.12. The zero-order chi connectivity index (χ0) is 9.26. The molecule has 2 heteroatoms. The van der Waals surface area contributed by atoms with Crippen LogP contribution in [0.2, 0.25) is 0 Å². The van der Waals surface area contributed by atoms with Gasteiger partial charge in [-0.25, -0.2) is 0 Å². The van der Waals surface area contributed by atoms with Crippen LogP contribution >= 0.6 is 11.8 Å². The summed E-state index contributed by atoms with van der Waals surface area (Å²) in [5, 5.41) is 2.85. The van der Waals surface area contributed by atoms with Gasteiger partial charge in [0.1, 0.15) is 0 Å². The van der Waals surface area contributed by atoms with Crippen LogP contribution in [0.4, 0.5) is 0 Å². The molecule has 1 aliphatic carbocycles. The van der Waals surface area contributed by atoms with E-state index in [1.54, 1.807) is 0 Å². The molecule has 0 fully saturated rings. The van der Waals surface area contributed by atoms with Crippen LogP contribution in [0.25, 0.3) is 0 Å². The molecule has 13 heavy (non-hydrogen) atoms. The number of hydrogen-bond acceptors (Lipinski definition) is 2. The molecule has 2 N–H and O–H groups in total. The van der Waals surface area contributed by atoms with E-state index in [0.29, 0.717) is 11.2 Å². The highest BCUT2D eigenvalue weighted by Gasteiger charge is 2.26. The van der Waals surface area contributed by atoms with Crippen LogP contribution in [-0.4, -0.2) is 11.3 Å². The van der Waals surface area contributed by atoms with Crippen LogP contribution in [-0.2, 0) is 0 Å². The Hall–Kier alpha value is -0.470. The third kappa shape index (κ3) is 1.89. The first-order valence-corrected chi connectivity index (χ1v) is 5.66. The topological polar surface area (TPSA) is 26.0 Å². The largest absolute Gasteiger partial charge is 0.328 e. The van der Waals surface area contributed by atoms with Crippen molar-refractivity contribution in [2.24, 2.45) is 11.7 Å². The number of rotatable bonds is 2. The lowest BCUT2D eigenvalue weighted by Crippen LogP contribution is -2.22. The lowest BCUT2D eigenvalue weighted by molar-refractivity contribution is 0.656. The van der Waals surface area contributed by atoms with Crippen LogP contribution in [0, 0.1) is 5.92 Å². The lowest BCUT2D eigenvalue weighted by Gasteiger charge is -2.23. The van der Waals surface area contributed by atoms with Crippen molar-refractivity contribution >= 4 is 11.8 Å². The van der Waals surface area contributed by atoms with Gasteiger partial charge in [0.25, 0.3) is 0 Å². The number of thioether (sulfide) groups is 1. The zero-order valence-corrected chi connectivity index (χ0v) is 8.63. The summed E-state index contributed by atoms with van der Waals surface area (Å²) in [6.07, 6.45) is 9.99. The Morgan fingerprint density at radius 3 is 3.15 bits per heavy atom. The second-order valence-corrected chi connectivity index (χ2v) is 4.85. The van der Waals surface area contributed by atoms with Gasteiger partial charge in [-0.1, -0.05) is 29.9 Å². The van der Waals surface area contributed by atoms with E-state index in [1.165, 1.54) is 5.57 Å². The molecule has 0 saturated heterocycles. The van der Waals surface area contributed by atoms with Gasteiger partial charge in [-0.05, 0) is 18.8 Å². The minimum Gasteiger partial charge on any atom is -0.328 e. The summed E-state index contributed by atoms with van der Waals surface area (Å²) in [5.74, 6) is 0.612. The molecule has 0 aromatic heterocycles. The van der Waals surface area contributed by atoms with Gasteiger partial charge < -0.3 is 5.73 Å². The Kier molecular flexibility index (Phi) is 2.61. The van der Waals surface area contributed by atoms with E-state index in [2.05, 4.69) is 36.6 Å². The Labute approximate surface area is 83.8 Å². The summed E-state index contributed by atoms with van der Waals surface area (Å²) in [6.45, 7) is 2.07. The molecule has 1 aliphatic heterocycles. The maximum absolute atomic E-state index is 5.81. The number of nitrogens with two attached hydrogens (primary N) is 1. The third-order valence-corrected chi connectivity index (χ3v) is 3.55. The van der Waals surface area contributed by atoms with E-state index in [-0.39, 0.29) is 6.04 Å². The van der Waals surface area contributed by atoms with Crippen LogP contribution in [0.5, 0.6) is 0 Å². The van der Waals surface area contributed by atoms with E-state index in [1.807, 2.05) is 11.8 Å². The van der Waals surface area contributed by atoms with Gasteiger partial charge in [-0.3, -0.25) is 0 Å². The van der Waals surface area contributed by atoms with E-state index < -0.39 is 0 Å². The molecule has 2 rings (SSSR count). The number of fused-ring (bicyclic) bond motifs is 1. The van der Waals surface area contributed by atoms with Gasteiger partial charge in [0.2, 0.25) is 0 Å². The van der Waals surface area contributed by atoms with Crippen molar-refractivity contribution in [1.82, 2.24) is 0 Å². The van der Waals surface area contributed by atoms with Crippen LogP contribution in [0.1, 0.15) is 13.3 Å². The SMILES string of the molecule is CC(N)CC1=CC=CC2SC=CC12. The summed E-state index contributed by atoms with van der Waals surface area (Å²) < 4.78 is 0. The van der Waals surface area contributed by atoms with Crippen molar-refractivity contribution in [2.45, 2.75) is 24.6 Å². The van der Waals surface area contributed by atoms with E-state index in [4.69, 9.17) is 5.73 Å². The monoisotopic (exact) mass is 193 g/mol. The summed E-state index contributed by atoms with van der Waals surface area (Å²) in [6, 6.07) is 0.275. The predicted molar refractivity (Wildman–Crippen MR) is 59.5 cm³/mol. The van der Waals surface area contributed by atoms with Gasteiger partial charge in [-0.15, -0.1) is 11.8 Å². The first-order valence-electron chi connectivity index (χ1n) is 4.72. The van der Waals surface area contributed by atoms with Crippen molar-refractivity contribution in [1.29, 1.82) is 0 Å². The van der Waals surface area contributed by atoms with Crippen LogP contribution in [0.15, 0.2) is 35.3 Å². The fraction of sp³-hybridized carbons (Fsp3) is 0.455. The summed E-state index contributed by atoms with van der Waals surface area (Å²) >= 11 is 1.91. The quantitative estimate of drug-likeness (QED) is 0.729. The minimum atomic E-state index is 0.275. The normalized spacial score (nSPS) is 32.9. The number of allylic oxidation sites excluding steroid dienone is 3. The average Bonchev–Trinajstić information content (AvgIpc) is 2.51. The molecule has 0 bridgehead atoms. The molecule has 3 unspecified atom stereocenters. The fourth-order valence-electron chi connectivity index (χ4n) is 1.89. The summed E-state index contributed by atoms with van der Waals surface area (Å²) in [5.41, 5.74) is 7.30. The summed E-state index contributed by atoms with van der Waals surface area (Å²) in [7, 11) is 0. The van der Waals surface area contributed by atoms with Gasteiger partial charge in [-0.2, -0.15) is 0 Å². The molecule has 1 heterocycles. The molecule has 70 valence electrons. The Bertz CT molecular complexity index is 276. The molecule has 0 aromatic rings. The molecular formula is C11H15NS. The van der Waals surface area contributed by atoms with E-state index >= 15 is 0 Å². The number of hydrogen-bond donors (Lipinski definition) is 1. The second kappa shape index (κ2) is 3.72. The first-order chi connectivity index (χ1) is 6.27. The molecule has 0 saturated carbocycles. The molecule has 1 nitrogen and oxygen atoms in total. The molecule has 2 aliphatic rings. The first kappa shape index (κ1) is 9.10. The smallest absolute Gasteiger partial charge is 0.0372 e. The highest BCUT2D eigenvalue weighted by Crippen LogP contribution is 2.38. The average molecular weight is 193 g/mol. The van der Waals surface area contributed by atoms with Gasteiger partial charge in [0.05, 0.1) is 0 Å². The lowest BCUT2D eigenvalue weighted by atomic mass is 9.87.